The first-order valence-corrected chi connectivity index (χ1v) is 13.1. The van der Waals surface area contributed by atoms with Crippen LogP contribution in [0.25, 0.3) is 0 Å². The van der Waals surface area contributed by atoms with Crippen LogP contribution in [0, 0.1) is 0 Å². The van der Waals surface area contributed by atoms with Gasteiger partial charge in [0, 0.05) is 12.2 Å². The second kappa shape index (κ2) is 12.4. The van der Waals surface area contributed by atoms with Gasteiger partial charge in [0.25, 0.3) is 0 Å². The molecule has 10 nitrogen and oxygen atoms in total. The van der Waals surface area contributed by atoms with E-state index in [4.69, 9.17) is 9.47 Å². The van der Waals surface area contributed by atoms with Crippen LogP contribution in [0.4, 0.5) is 0 Å². The van der Waals surface area contributed by atoms with E-state index in [9.17, 15) is 26.4 Å². The Labute approximate surface area is 199 Å². The fraction of sp³-hybridized carbons (Fsp3) is 0.273. The maximum atomic E-state index is 12.2. The molecule has 2 aromatic rings. The summed E-state index contributed by atoms with van der Waals surface area (Å²) in [6.07, 6.45) is 1.67. The van der Waals surface area contributed by atoms with E-state index in [0.29, 0.717) is 0 Å². The van der Waals surface area contributed by atoms with Crippen molar-refractivity contribution in [2.45, 2.75) is 35.7 Å². The maximum Gasteiger partial charge on any atom is 0.331 e. The summed E-state index contributed by atoms with van der Waals surface area (Å²) in [6, 6.07) is 14.0. The van der Waals surface area contributed by atoms with Gasteiger partial charge in [-0.05, 0) is 38.1 Å². The number of carbonyl (C=O) groups excluding carboxylic acids is 2. The number of carbonyl (C=O) groups is 2. The lowest BCUT2D eigenvalue weighted by Gasteiger charge is -2.14. The monoisotopic (exact) mass is 510 g/mol. The predicted molar refractivity (Wildman–Crippen MR) is 124 cm³/mol. The van der Waals surface area contributed by atoms with Gasteiger partial charge in [-0.15, -0.1) is 0 Å². The molecule has 0 aromatic heterocycles. The molecule has 184 valence electrons. The first-order valence-electron chi connectivity index (χ1n) is 10.2. The molecule has 0 aliphatic rings. The van der Waals surface area contributed by atoms with Gasteiger partial charge in [-0.3, -0.25) is 0 Å². The van der Waals surface area contributed by atoms with E-state index >= 15 is 0 Å². The SMILES string of the molecule is C[C@@H](COC(=O)/C=C/C(=O)OC[C@H](C)NS(=O)(=O)c1ccccc1)NS(=O)(=O)c1ccccc1. The summed E-state index contributed by atoms with van der Waals surface area (Å²) in [7, 11) is -7.52. The molecule has 2 atom stereocenters. The van der Waals surface area contributed by atoms with Crippen LogP contribution in [-0.4, -0.2) is 54.1 Å². The van der Waals surface area contributed by atoms with E-state index in [-0.39, 0.29) is 23.0 Å². The molecule has 2 N–H and O–H groups in total. The van der Waals surface area contributed by atoms with Gasteiger partial charge >= 0.3 is 11.9 Å². The first kappa shape index (κ1) is 27.2. The van der Waals surface area contributed by atoms with Gasteiger partial charge < -0.3 is 9.47 Å². The summed E-state index contributed by atoms with van der Waals surface area (Å²) in [4.78, 5) is 23.7. The first-order chi connectivity index (χ1) is 16.0. The average Bonchev–Trinajstić information content (AvgIpc) is 2.80. The number of sulfonamides is 2. The number of benzene rings is 2. The molecular formula is C22H26N2O8S2. The van der Waals surface area contributed by atoms with Crippen LogP contribution in [0.2, 0.25) is 0 Å². The number of esters is 2. The molecule has 0 radical (unpaired) electrons. The molecule has 0 unspecified atom stereocenters. The van der Waals surface area contributed by atoms with E-state index in [1.165, 1.54) is 38.1 Å². The van der Waals surface area contributed by atoms with Crippen LogP contribution in [-0.2, 0) is 39.1 Å². The molecule has 0 saturated heterocycles. The van der Waals surface area contributed by atoms with E-state index in [1.54, 1.807) is 36.4 Å². The average molecular weight is 511 g/mol. The van der Waals surface area contributed by atoms with Crippen molar-refractivity contribution in [3.8, 4) is 0 Å². The van der Waals surface area contributed by atoms with Crippen molar-refractivity contribution in [1.82, 2.24) is 9.44 Å². The Morgan fingerprint density at radius 3 is 1.35 bits per heavy atom. The van der Waals surface area contributed by atoms with Gasteiger partial charge in [0.1, 0.15) is 13.2 Å². The number of hydrogen-bond acceptors (Lipinski definition) is 8. The van der Waals surface area contributed by atoms with Crippen LogP contribution in [0.5, 0.6) is 0 Å². The third-order valence-electron chi connectivity index (χ3n) is 4.13. The molecule has 0 heterocycles. The smallest absolute Gasteiger partial charge is 0.331 e. The zero-order valence-corrected chi connectivity index (χ0v) is 20.2. The van der Waals surface area contributed by atoms with Gasteiger partial charge in [-0.25, -0.2) is 35.9 Å². The fourth-order valence-electron chi connectivity index (χ4n) is 2.58. The second-order valence-electron chi connectivity index (χ2n) is 7.26. The Morgan fingerprint density at radius 2 is 1.03 bits per heavy atom. The van der Waals surface area contributed by atoms with Gasteiger partial charge in [0.15, 0.2) is 0 Å². The molecule has 0 aliphatic heterocycles. The van der Waals surface area contributed by atoms with Crippen molar-refractivity contribution < 1.29 is 35.9 Å². The number of hydrogen-bond donors (Lipinski definition) is 2. The zero-order valence-electron chi connectivity index (χ0n) is 18.6. The van der Waals surface area contributed by atoms with Crippen molar-refractivity contribution in [2.75, 3.05) is 13.2 Å². The van der Waals surface area contributed by atoms with Crippen LogP contribution < -0.4 is 9.44 Å². The normalized spacial score (nSPS) is 13.8. The molecule has 0 amide bonds. The number of ether oxygens (including phenoxy) is 2. The fourth-order valence-corrected chi connectivity index (χ4v) is 5.08. The summed E-state index contributed by atoms with van der Waals surface area (Å²) in [6.45, 7) is 2.51. The van der Waals surface area contributed by atoms with Crippen molar-refractivity contribution in [3.63, 3.8) is 0 Å². The van der Waals surface area contributed by atoms with E-state index in [0.717, 1.165) is 12.2 Å². The third-order valence-corrected chi connectivity index (χ3v) is 7.34. The standard InChI is InChI=1S/C22H26N2O8S2/c1-17(23-33(27,28)19-9-5-3-6-10-19)15-31-21(25)13-14-22(26)32-16-18(2)24-34(29,30)20-11-7-4-8-12-20/h3-14,17-18,23-24H,15-16H2,1-2H3/b14-13+/t17-,18-/m0/s1. The van der Waals surface area contributed by atoms with Gasteiger partial charge in [-0.1, -0.05) is 36.4 Å². The van der Waals surface area contributed by atoms with Gasteiger partial charge in [-0.2, -0.15) is 0 Å². The van der Waals surface area contributed by atoms with Crippen LogP contribution >= 0.6 is 0 Å². The van der Waals surface area contributed by atoms with E-state index < -0.39 is 44.1 Å². The minimum Gasteiger partial charge on any atom is -0.461 e. The Hall–Kier alpha value is -3.06. The molecule has 0 spiro atoms. The Bertz CT molecular complexity index is 1100. The predicted octanol–water partition coefficient (Wildman–Crippen LogP) is 1.36. The van der Waals surface area contributed by atoms with Crippen molar-refractivity contribution in [2.24, 2.45) is 0 Å². The van der Waals surface area contributed by atoms with Gasteiger partial charge in [0.2, 0.25) is 20.0 Å². The number of nitrogens with one attached hydrogen (secondary N) is 2. The summed E-state index contributed by atoms with van der Waals surface area (Å²) < 4.78 is 63.5. The quantitative estimate of drug-likeness (QED) is 0.322. The highest BCUT2D eigenvalue weighted by Gasteiger charge is 2.19. The zero-order chi connectivity index (χ0) is 25.2. The molecule has 0 bridgehead atoms. The van der Waals surface area contributed by atoms with E-state index in [1.807, 2.05) is 0 Å². The Morgan fingerprint density at radius 1 is 0.706 bits per heavy atom. The highest BCUT2D eigenvalue weighted by atomic mass is 32.2. The van der Waals surface area contributed by atoms with Crippen LogP contribution in [0.15, 0.2) is 82.6 Å². The lowest BCUT2D eigenvalue weighted by Crippen LogP contribution is -2.36. The highest BCUT2D eigenvalue weighted by molar-refractivity contribution is 7.89. The molecule has 0 aliphatic carbocycles. The molecule has 0 fully saturated rings. The molecule has 2 aromatic carbocycles. The lowest BCUT2D eigenvalue weighted by atomic mass is 10.4. The summed E-state index contributed by atoms with van der Waals surface area (Å²) >= 11 is 0. The molecule has 0 saturated carbocycles. The van der Waals surface area contributed by atoms with Crippen molar-refractivity contribution >= 4 is 32.0 Å². The highest BCUT2D eigenvalue weighted by Crippen LogP contribution is 2.09. The molecule has 12 heteroatoms. The van der Waals surface area contributed by atoms with E-state index in [2.05, 4.69) is 9.44 Å². The lowest BCUT2D eigenvalue weighted by molar-refractivity contribution is -0.141. The topological polar surface area (TPSA) is 145 Å². The Balaban J connectivity index is 1.73. The summed E-state index contributed by atoms with van der Waals surface area (Å²) in [5, 5.41) is 0. The summed E-state index contributed by atoms with van der Waals surface area (Å²) in [5.74, 6) is -1.75. The number of rotatable bonds is 12. The molecule has 2 rings (SSSR count). The summed E-state index contributed by atoms with van der Waals surface area (Å²) in [5.41, 5.74) is 0. The van der Waals surface area contributed by atoms with Crippen molar-refractivity contribution in [1.29, 1.82) is 0 Å². The van der Waals surface area contributed by atoms with Crippen molar-refractivity contribution in [3.05, 3.63) is 72.8 Å². The van der Waals surface area contributed by atoms with Crippen LogP contribution in [0.1, 0.15) is 13.8 Å². The molecular weight excluding hydrogens is 484 g/mol. The Kier molecular flexibility index (Phi) is 9.93. The molecule has 34 heavy (non-hydrogen) atoms. The third kappa shape index (κ3) is 9.06. The largest absolute Gasteiger partial charge is 0.461 e. The minimum atomic E-state index is -3.76. The van der Waals surface area contributed by atoms with Crippen LogP contribution in [0.3, 0.4) is 0 Å². The second-order valence-corrected chi connectivity index (χ2v) is 10.7. The maximum absolute atomic E-state index is 12.2. The minimum absolute atomic E-state index is 0.0797. The van der Waals surface area contributed by atoms with Gasteiger partial charge in [0.05, 0.1) is 21.9 Å².